The van der Waals surface area contributed by atoms with Crippen molar-refractivity contribution in [1.29, 1.82) is 0 Å². The molecule has 0 unspecified atom stereocenters. The van der Waals surface area contributed by atoms with Crippen LogP contribution >= 0.6 is 0 Å². The van der Waals surface area contributed by atoms with E-state index in [1.165, 1.54) is 60.7 Å². The minimum absolute atomic E-state index is 0.0218. The Kier molecular flexibility index (Phi) is 5.49. The van der Waals surface area contributed by atoms with E-state index in [-0.39, 0.29) is 24.0 Å². The van der Waals surface area contributed by atoms with Gasteiger partial charge in [-0.15, -0.1) is 0 Å². The lowest BCUT2D eigenvalue weighted by Crippen LogP contribution is -2.11. The molecule has 28 heavy (non-hydrogen) atoms. The number of benzene rings is 3. The number of carboxylic acids is 2. The lowest BCUT2D eigenvalue weighted by molar-refractivity contribution is 0.0679. The summed E-state index contributed by atoms with van der Waals surface area (Å²) in [6.07, 6.45) is 0.304. The van der Waals surface area contributed by atoms with Crippen LogP contribution in [0.4, 0.5) is 8.78 Å². The van der Waals surface area contributed by atoms with Crippen LogP contribution in [0, 0.1) is 11.6 Å². The van der Waals surface area contributed by atoms with Crippen LogP contribution in [0.3, 0.4) is 0 Å². The van der Waals surface area contributed by atoms with Gasteiger partial charge in [0.05, 0.1) is 11.1 Å². The third kappa shape index (κ3) is 4.40. The molecular weight excluding hydrogens is 366 g/mol. The first-order valence-corrected chi connectivity index (χ1v) is 8.45. The molecule has 142 valence electrons. The van der Waals surface area contributed by atoms with Crippen LogP contribution in [0.1, 0.15) is 43.0 Å². The highest BCUT2D eigenvalue weighted by Gasteiger charge is 2.19. The number of carboxylic acid groups (broad SMARTS) is 2. The van der Waals surface area contributed by atoms with Crippen LogP contribution in [0.15, 0.2) is 60.7 Å². The van der Waals surface area contributed by atoms with Gasteiger partial charge in [-0.1, -0.05) is 24.3 Å². The number of rotatable bonds is 6. The highest BCUT2D eigenvalue weighted by atomic mass is 19.1. The lowest BCUT2D eigenvalue weighted by atomic mass is 9.91. The minimum atomic E-state index is -1.19. The summed E-state index contributed by atoms with van der Waals surface area (Å²) < 4.78 is 26.2. The molecule has 0 spiro atoms. The maximum absolute atomic E-state index is 13.1. The Hall–Kier alpha value is -3.54. The summed E-state index contributed by atoms with van der Waals surface area (Å²) in [5, 5.41) is 19.2. The topological polar surface area (TPSA) is 74.6 Å². The standard InChI is InChI=1S/C22H16F2O4/c23-17-5-1-13(2-6-17)9-15-11-20(22(27)28)16(12-19(15)21(25)26)10-14-3-7-18(24)8-4-14/h1-8,11-12H,9-10H2,(H,25,26)(H,27,28). The Labute approximate surface area is 159 Å². The average Bonchev–Trinajstić information content (AvgIpc) is 2.66. The molecule has 3 rings (SSSR count). The van der Waals surface area contributed by atoms with E-state index >= 15 is 0 Å². The fraction of sp³-hybridized carbons (Fsp3) is 0.0909. The van der Waals surface area contributed by atoms with Crippen molar-refractivity contribution < 1.29 is 28.6 Å². The highest BCUT2D eigenvalue weighted by molar-refractivity contribution is 5.95. The van der Waals surface area contributed by atoms with Crippen molar-refractivity contribution in [2.24, 2.45) is 0 Å². The molecule has 0 fully saturated rings. The number of hydrogen-bond acceptors (Lipinski definition) is 2. The number of aromatic carboxylic acids is 2. The largest absolute Gasteiger partial charge is 0.478 e. The van der Waals surface area contributed by atoms with Crippen molar-refractivity contribution in [3.63, 3.8) is 0 Å². The SMILES string of the molecule is O=C(O)c1cc(Cc2ccc(F)cc2)c(C(=O)O)cc1Cc1ccc(F)cc1. The first-order chi connectivity index (χ1) is 13.3. The van der Waals surface area contributed by atoms with Crippen LogP contribution in [-0.2, 0) is 12.8 Å². The van der Waals surface area contributed by atoms with E-state index < -0.39 is 23.6 Å². The van der Waals surface area contributed by atoms with Crippen LogP contribution in [0.25, 0.3) is 0 Å². The van der Waals surface area contributed by atoms with Gasteiger partial charge in [-0.05, 0) is 71.5 Å². The summed E-state index contributed by atoms with van der Waals surface area (Å²) >= 11 is 0. The van der Waals surface area contributed by atoms with Crippen molar-refractivity contribution >= 4 is 11.9 Å². The van der Waals surface area contributed by atoms with Crippen molar-refractivity contribution in [3.8, 4) is 0 Å². The zero-order valence-corrected chi connectivity index (χ0v) is 14.7. The molecule has 0 bridgehead atoms. The van der Waals surface area contributed by atoms with Crippen molar-refractivity contribution in [2.75, 3.05) is 0 Å². The van der Waals surface area contributed by atoms with Gasteiger partial charge in [0.1, 0.15) is 11.6 Å². The fourth-order valence-corrected chi connectivity index (χ4v) is 3.02. The molecular formula is C22H16F2O4. The molecule has 0 saturated carbocycles. The highest BCUT2D eigenvalue weighted by Crippen LogP contribution is 2.23. The van der Waals surface area contributed by atoms with Crippen LogP contribution in [0.5, 0.6) is 0 Å². The second-order valence-electron chi connectivity index (χ2n) is 6.38. The van der Waals surface area contributed by atoms with Crippen molar-refractivity contribution in [2.45, 2.75) is 12.8 Å². The van der Waals surface area contributed by atoms with Crippen LogP contribution < -0.4 is 0 Å². The molecule has 2 N–H and O–H groups in total. The van der Waals surface area contributed by atoms with E-state index in [1.54, 1.807) is 0 Å². The molecule has 0 aliphatic heterocycles. The van der Waals surface area contributed by atoms with Gasteiger partial charge in [-0.25, -0.2) is 18.4 Å². The lowest BCUT2D eigenvalue weighted by Gasteiger charge is -2.13. The Bertz CT molecular complexity index is 940. The maximum Gasteiger partial charge on any atom is 0.335 e. The first-order valence-electron chi connectivity index (χ1n) is 8.45. The Balaban J connectivity index is 2.04. The predicted octanol–water partition coefficient (Wildman–Crippen LogP) is 4.54. The molecule has 0 heterocycles. The maximum atomic E-state index is 13.1. The van der Waals surface area contributed by atoms with Crippen molar-refractivity contribution in [1.82, 2.24) is 0 Å². The summed E-state index contributed by atoms with van der Waals surface area (Å²) in [5.41, 5.74) is 1.91. The van der Waals surface area contributed by atoms with Crippen LogP contribution in [-0.4, -0.2) is 22.2 Å². The predicted molar refractivity (Wildman–Crippen MR) is 98.8 cm³/mol. The van der Waals surface area contributed by atoms with Gasteiger partial charge in [0, 0.05) is 0 Å². The smallest absolute Gasteiger partial charge is 0.335 e. The van der Waals surface area contributed by atoms with Gasteiger partial charge in [0.2, 0.25) is 0 Å². The van der Waals surface area contributed by atoms with Gasteiger partial charge >= 0.3 is 11.9 Å². The summed E-state index contributed by atoms with van der Waals surface area (Å²) in [4.78, 5) is 23.5. The van der Waals surface area contributed by atoms with Gasteiger partial charge < -0.3 is 10.2 Å². The summed E-state index contributed by atoms with van der Waals surface area (Å²) in [6.45, 7) is 0. The molecule has 4 nitrogen and oxygen atoms in total. The number of carbonyl (C=O) groups is 2. The zero-order valence-electron chi connectivity index (χ0n) is 14.7. The Morgan fingerprint density at radius 1 is 0.643 bits per heavy atom. The van der Waals surface area contributed by atoms with Gasteiger partial charge in [-0.2, -0.15) is 0 Å². The summed E-state index contributed by atoms with van der Waals surface area (Å²) in [5.74, 6) is -3.20. The zero-order chi connectivity index (χ0) is 20.3. The molecule has 0 aliphatic rings. The van der Waals surface area contributed by atoms with E-state index in [0.717, 1.165) is 0 Å². The van der Waals surface area contributed by atoms with Crippen LogP contribution in [0.2, 0.25) is 0 Å². The van der Waals surface area contributed by atoms with Gasteiger partial charge in [0.15, 0.2) is 0 Å². The Morgan fingerprint density at radius 2 is 0.964 bits per heavy atom. The molecule has 0 atom stereocenters. The third-order valence-electron chi connectivity index (χ3n) is 4.41. The monoisotopic (exact) mass is 382 g/mol. The van der Waals surface area contributed by atoms with Crippen molar-refractivity contribution in [3.05, 3.63) is 106 Å². The fourth-order valence-electron chi connectivity index (χ4n) is 3.02. The van der Waals surface area contributed by atoms with E-state index in [0.29, 0.717) is 22.3 Å². The quantitative estimate of drug-likeness (QED) is 0.656. The molecule has 0 saturated heterocycles. The third-order valence-corrected chi connectivity index (χ3v) is 4.41. The normalized spacial score (nSPS) is 10.6. The molecule has 0 aliphatic carbocycles. The minimum Gasteiger partial charge on any atom is -0.478 e. The van der Waals surface area contributed by atoms with Gasteiger partial charge in [-0.3, -0.25) is 0 Å². The first kappa shape index (κ1) is 19.2. The summed E-state index contributed by atoms with van der Waals surface area (Å²) in [7, 11) is 0. The number of halogens is 2. The van der Waals surface area contributed by atoms with E-state index in [4.69, 9.17) is 0 Å². The average molecular weight is 382 g/mol. The molecule has 3 aromatic carbocycles. The number of hydrogen-bond donors (Lipinski definition) is 2. The molecule has 0 aromatic heterocycles. The molecule has 3 aromatic rings. The van der Waals surface area contributed by atoms with E-state index in [9.17, 15) is 28.6 Å². The van der Waals surface area contributed by atoms with Gasteiger partial charge in [0.25, 0.3) is 0 Å². The van der Waals surface area contributed by atoms with E-state index in [1.807, 2.05) is 0 Å². The molecule has 0 radical (unpaired) electrons. The molecule has 6 heteroatoms. The second-order valence-corrected chi connectivity index (χ2v) is 6.38. The summed E-state index contributed by atoms with van der Waals surface area (Å²) in [6, 6.07) is 13.8. The van der Waals surface area contributed by atoms with E-state index in [2.05, 4.69) is 0 Å². The Morgan fingerprint density at radius 3 is 1.25 bits per heavy atom. The second kappa shape index (κ2) is 8.00. The molecule has 0 amide bonds.